The van der Waals surface area contributed by atoms with Crippen molar-refractivity contribution in [2.45, 2.75) is 38.4 Å². The van der Waals surface area contributed by atoms with Crippen molar-refractivity contribution < 1.29 is 9.59 Å². The summed E-state index contributed by atoms with van der Waals surface area (Å²) in [5, 5.41) is 16.1. The van der Waals surface area contributed by atoms with Crippen LogP contribution in [0.2, 0.25) is 0 Å². The Kier molecular flexibility index (Phi) is 7.29. The number of hydrogen-bond donors (Lipinski definition) is 3. The van der Waals surface area contributed by atoms with Crippen molar-refractivity contribution in [1.82, 2.24) is 20.4 Å². The van der Waals surface area contributed by atoms with Gasteiger partial charge in [0.25, 0.3) is 0 Å². The summed E-state index contributed by atoms with van der Waals surface area (Å²) in [4.78, 5) is 26.0. The lowest BCUT2D eigenvalue weighted by molar-refractivity contribution is -0.126. The lowest BCUT2D eigenvalue weighted by Crippen LogP contribution is -2.55. The van der Waals surface area contributed by atoms with Gasteiger partial charge in [-0.25, -0.2) is 4.68 Å². The summed E-state index contributed by atoms with van der Waals surface area (Å²) in [6.45, 7) is 4.17. The standard InChI is InChI=1S/C23H27N5O2S2/c1-15(2)17-12-21(29)26-23(24-17)28-20(11-18(27-28)19-9-6-10-32-19)25-22(30)14-31-13-16-7-4-3-5-8-16/h3-11,15,17,23-24H,12-14H2,1-2H3,(H,25,30)(H,26,29). The normalized spacial score (nSPS) is 18.5. The van der Waals surface area contributed by atoms with Gasteiger partial charge in [-0.3, -0.25) is 14.9 Å². The molecule has 0 spiro atoms. The van der Waals surface area contributed by atoms with Crippen LogP contribution in [0.4, 0.5) is 5.82 Å². The number of rotatable bonds is 8. The van der Waals surface area contributed by atoms with Gasteiger partial charge >= 0.3 is 0 Å². The van der Waals surface area contributed by atoms with Gasteiger partial charge in [0.15, 0.2) is 6.29 Å². The second-order valence-electron chi connectivity index (χ2n) is 8.05. The van der Waals surface area contributed by atoms with Crippen molar-refractivity contribution in [3.8, 4) is 10.6 Å². The van der Waals surface area contributed by atoms with Crippen LogP contribution in [0.25, 0.3) is 10.6 Å². The Bertz CT molecular complexity index is 1050. The lowest BCUT2D eigenvalue weighted by Gasteiger charge is -2.34. The average molecular weight is 470 g/mol. The zero-order valence-corrected chi connectivity index (χ0v) is 19.7. The number of thiophene rings is 1. The number of hydrogen-bond acceptors (Lipinski definition) is 6. The van der Waals surface area contributed by atoms with Crippen molar-refractivity contribution in [2.75, 3.05) is 11.1 Å². The van der Waals surface area contributed by atoms with Crippen LogP contribution in [-0.2, 0) is 15.3 Å². The van der Waals surface area contributed by atoms with Crippen LogP contribution in [0.15, 0.2) is 53.9 Å². The third kappa shape index (κ3) is 5.59. The SMILES string of the molecule is CC(C)C1CC(=O)NC(n2nc(-c3cccs3)cc2NC(=O)CSCc2ccccc2)N1. The maximum Gasteiger partial charge on any atom is 0.235 e. The second kappa shape index (κ2) is 10.3. The summed E-state index contributed by atoms with van der Waals surface area (Å²) in [5.41, 5.74) is 1.94. The highest BCUT2D eigenvalue weighted by Gasteiger charge is 2.31. The minimum Gasteiger partial charge on any atom is -0.322 e. The fraction of sp³-hybridized carbons (Fsp3) is 0.348. The van der Waals surface area contributed by atoms with Gasteiger partial charge in [0.1, 0.15) is 11.5 Å². The van der Waals surface area contributed by atoms with Crippen LogP contribution >= 0.6 is 23.1 Å². The number of amides is 2. The van der Waals surface area contributed by atoms with Crippen LogP contribution in [0, 0.1) is 5.92 Å². The summed E-state index contributed by atoms with van der Waals surface area (Å²) in [6, 6.07) is 15.9. The van der Waals surface area contributed by atoms with E-state index in [1.54, 1.807) is 27.8 Å². The first-order valence-electron chi connectivity index (χ1n) is 10.6. The zero-order valence-electron chi connectivity index (χ0n) is 18.1. The quantitative estimate of drug-likeness (QED) is 0.463. The predicted octanol–water partition coefficient (Wildman–Crippen LogP) is 4.07. The molecule has 7 nitrogen and oxygen atoms in total. The topological polar surface area (TPSA) is 88.1 Å². The van der Waals surface area contributed by atoms with Crippen molar-refractivity contribution in [3.63, 3.8) is 0 Å². The van der Waals surface area contributed by atoms with E-state index in [4.69, 9.17) is 5.10 Å². The number of aromatic nitrogens is 2. The molecule has 2 atom stereocenters. The number of nitrogens with zero attached hydrogens (tertiary/aromatic N) is 2. The molecule has 2 aromatic heterocycles. The third-order valence-corrected chi connectivity index (χ3v) is 7.14. The molecule has 1 aliphatic rings. The van der Waals surface area contributed by atoms with Crippen molar-refractivity contribution in [1.29, 1.82) is 0 Å². The molecule has 0 saturated carbocycles. The highest BCUT2D eigenvalue weighted by atomic mass is 32.2. The number of carbonyl (C=O) groups is 2. The molecule has 9 heteroatoms. The number of anilines is 1. The van der Waals surface area contributed by atoms with E-state index in [-0.39, 0.29) is 17.9 Å². The maximum absolute atomic E-state index is 12.7. The predicted molar refractivity (Wildman–Crippen MR) is 130 cm³/mol. The van der Waals surface area contributed by atoms with Gasteiger partial charge < -0.3 is 10.6 Å². The minimum absolute atomic E-state index is 0.0312. The summed E-state index contributed by atoms with van der Waals surface area (Å²) < 4.78 is 1.67. The first-order chi connectivity index (χ1) is 15.5. The number of benzene rings is 1. The Morgan fingerprint density at radius 3 is 2.81 bits per heavy atom. The Morgan fingerprint density at radius 2 is 2.09 bits per heavy atom. The van der Waals surface area contributed by atoms with E-state index < -0.39 is 6.29 Å². The molecule has 2 unspecified atom stereocenters. The molecule has 0 bridgehead atoms. The van der Waals surface area contributed by atoms with E-state index in [0.29, 0.717) is 23.9 Å². The van der Waals surface area contributed by atoms with E-state index in [0.717, 1.165) is 16.3 Å². The third-order valence-electron chi connectivity index (χ3n) is 5.25. The minimum atomic E-state index is -0.523. The van der Waals surface area contributed by atoms with Gasteiger partial charge in [-0.2, -0.15) is 5.10 Å². The van der Waals surface area contributed by atoms with Gasteiger partial charge in [0, 0.05) is 24.3 Å². The Morgan fingerprint density at radius 1 is 1.28 bits per heavy atom. The van der Waals surface area contributed by atoms with E-state index in [1.165, 1.54) is 5.56 Å². The summed E-state index contributed by atoms with van der Waals surface area (Å²) in [5.74, 6) is 1.81. The molecule has 3 N–H and O–H groups in total. The molecule has 1 aromatic carbocycles. The Labute approximate surface area is 196 Å². The molecule has 2 amide bonds. The summed E-state index contributed by atoms with van der Waals surface area (Å²) >= 11 is 3.14. The van der Waals surface area contributed by atoms with Crippen molar-refractivity contribution in [3.05, 3.63) is 59.5 Å². The molecule has 0 aliphatic carbocycles. The van der Waals surface area contributed by atoms with Gasteiger partial charge in [-0.05, 0) is 22.9 Å². The van der Waals surface area contributed by atoms with Crippen LogP contribution in [0.3, 0.4) is 0 Å². The van der Waals surface area contributed by atoms with E-state index >= 15 is 0 Å². The molecular weight excluding hydrogens is 442 g/mol. The molecule has 168 valence electrons. The van der Waals surface area contributed by atoms with Gasteiger partial charge in [0.2, 0.25) is 11.8 Å². The fourth-order valence-electron chi connectivity index (χ4n) is 3.52. The maximum atomic E-state index is 12.7. The fourth-order valence-corrected chi connectivity index (χ4v) is 4.99. The molecule has 3 heterocycles. The van der Waals surface area contributed by atoms with Crippen molar-refractivity contribution >= 4 is 40.7 Å². The van der Waals surface area contributed by atoms with E-state index in [9.17, 15) is 9.59 Å². The molecule has 0 radical (unpaired) electrons. The van der Waals surface area contributed by atoms with E-state index in [2.05, 4.69) is 41.9 Å². The largest absolute Gasteiger partial charge is 0.322 e. The second-order valence-corrected chi connectivity index (χ2v) is 9.99. The summed E-state index contributed by atoms with van der Waals surface area (Å²) in [6.07, 6.45) is -0.102. The van der Waals surface area contributed by atoms with Crippen LogP contribution in [0.1, 0.15) is 32.1 Å². The van der Waals surface area contributed by atoms with Crippen molar-refractivity contribution in [2.24, 2.45) is 5.92 Å². The lowest BCUT2D eigenvalue weighted by atomic mass is 9.99. The first kappa shape index (κ1) is 22.6. The van der Waals surface area contributed by atoms with Gasteiger partial charge in [-0.1, -0.05) is 50.2 Å². The van der Waals surface area contributed by atoms with Gasteiger partial charge in [0.05, 0.1) is 10.6 Å². The molecule has 4 rings (SSSR count). The monoisotopic (exact) mass is 469 g/mol. The van der Waals surface area contributed by atoms with E-state index in [1.807, 2.05) is 41.8 Å². The average Bonchev–Trinajstić information content (AvgIpc) is 3.44. The molecule has 1 fully saturated rings. The van der Waals surface area contributed by atoms with Crippen LogP contribution in [0.5, 0.6) is 0 Å². The van der Waals surface area contributed by atoms with Crippen LogP contribution < -0.4 is 16.0 Å². The highest BCUT2D eigenvalue weighted by Crippen LogP contribution is 2.28. The number of carbonyl (C=O) groups excluding carboxylic acids is 2. The molecule has 1 saturated heterocycles. The van der Waals surface area contributed by atoms with Crippen LogP contribution in [-0.4, -0.2) is 33.4 Å². The molecule has 1 aliphatic heterocycles. The number of nitrogens with one attached hydrogen (secondary N) is 3. The smallest absolute Gasteiger partial charge is 0.235 e. The first-order valence-corrected chi connectivity index (χ1v) is 12.6. The number of thioether (sulfide) groups is 1. The Hall–Kier alpha value is -2.62. The molecule has 32 heavy (non-hydrogen) atoms. The highest BCUT2D eigenvalue weighted by molar-refractivity contribution is 7.99. The summed E-state index contributed by atoms with van der Waals surface area (Å²) in [7, 11) is 0. The Balaban J connectivity index is 1.50. The zero-order chi connectivity index (χ0) is 22.5. The molecular formula is C23H27N5O2S2. The van der Waals surface area contributed by atoms with Gasteiger partial charge in [-0.15, -0.1) is 23.1 Å². The molecule has 3 aromatic rings.